The first kappa shape index (κ1) is 13.3. The lowest BCUT2D eigenvalue weighted by molar-refractivity contribution is -0.384. The van der Waals surface area contributed by atoms with Crippen molar-refractivity contribution in [2.24, 2.45) is 5.92 Å². The Hall–Kier alpha value is -2.15. The third kappa shape index (κ3) is 2.82. The Kier molecular flexibility index (Phi) is 3.66. The number of anilines is 1. The maximum Gasteiger partial charge on any atom is 0.296 e. The molecule has 2 atom stereocenters. The summed E-state index contributed by atoms with van der Waals surface area (Å²) < 4.78 is 0. The number of carbonyl (C=O) groups is 1. The molecule has 2 unspecified atom stereocenters. The monoisotopic (exact) mass is 265 g/mol. The average molecular weight is 265 g/mol. The van der Waals surface area contributed by atoms with Crippen molar-refractivity contribution in [2.75, 3.05) is 11.9 Å². The van der Waals surface area contributed by atoms with Gasteiger partial charge < -0.3 is 15.7 Å². The van der Waals surface area contributed by atoms with Crippen molar-refractivity contribution in [1.82, 2.24) is 5.32 Å². The van der Waals surface area contributed by atoms with Gasteiger partial charge in [0.2, 0.25) is 5.91 Å². The van der Waals surface area contributed by atoms with Crippen molar-refractivity contribution in [3.8, 4) is 5.75 Å². The lowest BCUT2D eigenvalue weighted by atomic mass is 10.0. The van der Waals surface area contributed by atoms with E-state index in [1.54, 1.807) is 0 Å². The van der Waals surface area contributed by atoms with Gasteiger partial charge in [-0.05, 0) is 32.0 Å². The highest BCUT2D eigenvalue weighted by Gasteiger charge is 2.30. The summed E-state index contributed by atoms with van der Waals surface area (Å²) in [6.07, 6.45) is 0.707. The first-order valence-electron chi connectivity index (χ1n) is 6.00. The largest absolute Gasteiger partial charge is 0.508 e. The molecule has 1 aromatic carbocycles. The molecule has 0 aliphatic carbocycles. The summed E-state index contributed by atoms with van der Waals surface area (Å²) in [6.45, 7) is 2.67. The van der Waals surface area contributed by atoms with Crippen LogP contribution in [0, 0.1) is 16.0 Å². The quantitative estimate of drug-likeness (QED) is 0.433. The van der Waals surface area contributed by atoms with E-state index < -0.39 is 4.92 Å². The van der Waals surface area contributed by atoms with Crippen molar-refractivity contribution in [2.45, 2.75) is 19.4 Å². The molecule has 102 valence electrons. The van der Waals surface area contributed by atoms with Gasteiger partial charge in [0.05, 0.1) is 16.9 Å². The Morgan fingerprint density at radius 1 is 1.58 bits per heavy atom. The third-order valence-electron chi connectivity index (χ3n) is 3.30. The lowest BCUT2D eigenvalue weighted by Crippen LogP contribution is -2.32. The van der Waals surface area contributed by atoms with Crippen LogP contribution in [0.15, 0.2) is 18.2 Å². The second-order valence-electron chi connectivity index (χ2n) is 4.59. The predicted molar refractivity (Wildman–Crippen MR) is 69.0 cm³/mol. The number of nitro benzene ring substituents is 1. The van der Waals surface area contributed by atoms with E-state index in [1.165, 1.54) is 12.1 Å². The van der Waals surface area contributed by atoms with Crippen molar-refractivity contribution >= 4 is 17.3 Å². The van der Waals surface area contributed by atoms with Gasteiger partial charge in [-0.1, -0.05) is 0 Å². The molecule has 0 saturated carbocycles. The maximum absolute atomic E-state index is 12.0. The number of phenolic OH excluding ortho intramolecular Hbond substituents is 1. The molecule has 1 saturated heterocycles. The van der Waals surface area contributed by atoms with E-state index in [1.807, 2.05) is 6.92 Å². The molecule has 3 N–H and O–H groups in total. The first-order chi connectivity index (χ1) is 8.99. The van der Waals surface area contributed by atoms with Crippen molar-refractivity contribution in [3.63, 3.8) is 0 Å². The van der Waals surface area contributed by atoms with Crippen molar-refractivity contribution in [3.05, 3.63) is 28.3 Å². The summed E-state index contributed by atoms with van der Waals surface area (Å²) in [4.78, 5) is 22.3. The van der Waals surface area contributed by atoms with Crippen molar-refractivity contribution < 1.29 is 14.8 Å². The number of hydrogen-bond acceptors (Lipinski definition) is 5. The van der Waals surface area contributed by atoms with Gasteiger partial charge in [-0.25, -0.2) is 0 Å². The fourth-order valence-electron chi connectivity index (χ4n) is 2.22. The Morgan fingerprint density at radius 3 is 2.89 bits per heavy atom. The topological polar surface area (TPSA) is 104 Å². The zero-order chi connectivity index (χ0) is 14.0. The summed E-state index contributed by atoms with van der Waals surface area (Å²) in [5.41, 5.74) is -0.209. The number of rotatable bonds is 3. The second-order valence-corrected chi connectivity index (χ2v) is 4.59. The van der Waals surface area contributed by atoms with Gasteiger partial charge in [-0.15, -0.1) is 0 Å². The second kappa shape index (κ2) is 5.23. The molecule has 0 aromatic heterocycles. The molecule has 1 fully saturated rings. The smallest absolute Gasteiger partial charge is 0.296 e. The summed E-state index contributed by atoms with van der Waals surface area (Å²) in [7, 11) is 0. The van der Waals surface area contributed by atoms with Gasteiger partial charge in [0.1, 0.15) is 11.4 Å². The van der Waals surface area contributed by atoms with Crippen LogP contribution < -0.4 is 10.6 Å². The summed E-state index contributed by atoms with van der Waals surface area (Å²) in [6, 6.07) is 3.71. The summed E-state index contributed by atoms with van der Waals surface area (Å²) in [5, 5.41) is 25.8. The maximum atomic E-state index is 12.0. The Morgan fingerprint density at radius 2 is 2.32 bits per heavy atom. The van der Waals surface area contributed by atoms with E-state index in [2.05, 4.69) is 10.6 Å². The molecule has 7 nitrogen and oxygen atoms in total. The first-order valence-corrected chi connectivity index (χ1v) is 6.00. The number of nitrogens with one attached hydrogen (secondary N) is 2. The Bertz CT molecular complexity index is 518. The minimum atomic E-state index is -0.633. The predicted octanol–water partition coefficient (Wildman–Crippen LogP) is 1.24. The van der Waals surface area contributed by atoms with Gasteiger partial charge >= 0.3 is 0 Å². The number of hydrogen-bond donors (Lipinski definition) is 3. The standard InChI is InChI=1S/C12H15N3O4/c1-7-9(4-5-13-7)12(17)14-10-3-2-8(16)6-11(10)15(18)19/h2-3,6-7,9,13,16H,4-5H2,1H3,(H,14,17). The molecule has 1 aliphatic rings. The molecule has 2 rings (SSSR count). The minimum Gasteiger partial charge on any atom is -0.508 e. The average Bonchev–Trinajstić information content (AvgIpc) is 2.77. The summed E-state index contributed by atoms with van der Waals surface area (Å²) >= 11 is 0. The number of amides is 1. The minimum absolute atomic E-state index is 0.0520. The van der Waals surface area contributed by atoms with Crippen LogP contribution in [0.2, 0.25) is 0 Å². The van der Waals surface area contributed by atoms with Crippen LogP contribution in [0.3, 0.4) is 0 Å². The normalized spacial score (nSPS) is 22.2. The fourth-order valence-corrected chi connectivity index (χ4v) is 2.22. The van der Waals surface area contributed by atoms with Gasteiger partial charge in [0.25, 0.3) is 5.69 Å². The van der Waals surface area contributed by atoms with Gasteiger partial charge in [-0.2, -0.15) is 0 Å². The highest BCUT2D eigenvalue weighted by atomic mass is 16.6. The van der Waals surface area contributed by atoms with E-state index in [-0.39, 0.29) is 35.0 Å². The molecule has 0 bridgehead atoms. The molecule has 1 aliphatic heterocycles. The van der Waals surface area contributed by atoms with Crippen LogP contribution in [-0.4, -0.2) is 28.5 Å². The Labute approximate surface area is 109 Å². The molecule has 1 aromatic rings. The highest BCUT2D eigenvalue weighted by Crippen LogP contribution is 2.29. The van der Waals surface area contributed by atoms with Crippen LogP contribution in [0.25, 0.3) is 0 Å². The summed E-state index contributed by atoms with van der Waals surface area (Å²) in [5.74, 6) is -0.653. The van der Waals surface area contributed by atoms with Crippen LogP contribution in [0.1, 0.15) is 13.3 Å². The molecular formula is C12H15N3O4. The molecule has 1 heterocycles. The third-order valence-corrected chi connectivity index (χ3v) is 3.30. The number of nitrogens with zero attached hydrogens (tertiary/aromatic N) is 1. The van der Waals surface area contributed by atoms with E-state index in [4.69, 9.17) is 0 Å². The SMILES string of the molecule is CC1NCCC1C(=O)Nc1ccc(O)cc1[N+](=O)[O-]. The van der Waals surface area contributed by atoms with E-state index in [9.17, 15) is 20.0 Å². The zero-order valence-electron chi connectivity index (χ0n) is 10.4. The van der Waals surface area contributed by atoms with Crippen LogP contribution in [0.5, 0.6) is 5.75 Å². The molecule has 0 radical (unpaired) electrons. The lowest BCUT2D eigenvalue weighted by Gasteiger charge is -2.14. The van der Waals surface area contributed by atoms with E-state index >= 15 is 0 Å². The van der Waals surface area contributed by atoms with Crippen LogP contribution in [-0.2, 0) is 4.79 Å². The molecule has 7 heteroatoms. The van der Waals surface area contributed by atoms with E-state index in [0.717, 1.165) is 12.6 Å². The molecular weight excluding hydrogens is 250 g/mol. The Balaban J connectivity index is 2.19. The van der Waals surface area contributed by atoms with Crippen LogP contribution in [0.4, 0.5) is 11.4 Å². The number of aromatic hydroxyl groups is 1. The number of nitro groups is 1. The zero-order valence-corrected chi connectivity index (χ0v) is 10.4. The fraction of sp³-hybridized carbons (Fsp3) is 0.417. The highest BCUT2D eigenvalue weighted by molar-refractivity contribution is 5.95. The number of benzene rings is 1. The molecule has 1 amide bonds. The van der Waals surface area contributed by atoms with Gasteiger partial charge in [-0.3, -0.25) is 14.9 Å². The van der Waals surface area contributed by atoms with E-state index in [0.29, 0.717) is 6.42 Å². The van der Waals surface area contributed by atoms with Gasteiger partial charge in [0.15, 0.2) is 0 Å². The molecule has 0 spiro atoms. The number of phenols is 1. The van der Waals surface area contributed by atoms with Crippen LogP contribution >= 0.6 is 0 Å². The number of carbonyl (C=O) groups excluding carboxylic acids is 1. The molecule has 19 heavy (non-hydrogen) atoms. The van der Waals surface area contributed by atoms with Crippen molar-refractivity contribution in [1.29, 1.82) is 0 Å². The van der Waals surface area contributed by atoms with Gasteiger partial charge in [0, 0.05) is 6.04 Å².